The summed E-state index contributed by atoms with van der Waals surface area (Å²) >= 11 is 0. The maximum Gasteiger partial charge on any atom is 0.271 e. The lowest BCUT2D eigenvalue weighted by Crippen LogP contribution is -2.31. The Morgan fingerprint density at radius 3 is 2.48 bits per heavy atom. The van der Waals surface area contributed by atoms with Gasteiger partial charge in [-0.15, -0.1) is 10.2 Å². The van der Waals surface area contributed by atoms with Crippen LogP contribution in [0.2, 0.25) is 0 Å². The molecule has 0 bridgehead atoms. The van der Waals surface area contributed by atoms with Crippen molar-refractivity contribution in [1.82, 2.24) is 15.5 Å². The topological polar surface area (TPSA) is 76.6 Å². The second-order valence-electron chi connectivity index (χ2n) is 6.52. The number of benzene rings is 1. The number of hydrogen-bond acceptors (Lipinski definition) is 6. The average molecular weight is 370 g/mol. The van der Waals surface area contributed by atoms with Crippen LogP contribution < -0.4 is 19.7 Å². The second-order valence-corrected chi connectivity index (χ2v) is 6.52. The van der Waals surface area contributed by atoms with E-state index in [1.54, 1.807) is 20.3 Å². The third kappa shape index (κ3) is 4.87. The Morgan fingerprint density at radius 1 is 1.04 bits per heavy atom. The van der Waals surface area contributed by atoms with Gasteiger partial charge in [-0.3, -0.25) is 4.79 Å². The number of carbonyl (C=O) groups excluding carboxylic acids is 1. The Bertz CT molecular complexity index is 758. The molecule has 1 N–H and O–H groups in total. The van der Waals surface area contributed by atoms with Crippen LogP contribution in [0.5, 0.6) is 11.5 Å². The largest absolute Gasteiger partial charge is 0.493 e. The number of nitrogens with zero attached hydrogens (tertiary/aromatic N) is 3. The first kappa shape index (κ1) is 18.9. The van der Waals surface area contributed by atoms with Gasteiger partial charge in [0.15, 0.2) is 23.0 Å². The van der Waals surface area contributed by atoms with E-state index in [0.29, 0.717) is 30.2 Å². The zero-order valence-electron chi connectivity index (χ0n) is 15.9. The molecule has 2 aromatic rings. The van der Waals surface area contributed by atoms with Crippen LogP contribution in [0, 0.1) is 0 Å². The van der Waals surface area contributed by atoms with E-state index in [2.05, 4.69) is 20.4 Å². The molecule has 1 saturated heterocycles. The van der Waals surface area contributed by atoms with Gasteiger partial charge in [-0.1, -0.05) is 6.07 Å². The van der Waals surface area contributed by atoms with Gasteiger partial charge in [0.2, 0.25) is 0 Å². The molecule has 1 aromatic heterocycles. The van der Waals surface area contributed by atoms with Gasteiger partial charge in [-0.2, -0.15) is 0 Å². The number of methoxy groups -OCH3 is 2. The van der Waals surface area contributed by atoms with Crippen LogP contribution in [-0.4, -0.2) is 50.0 Å². The minimum absolute atomic E-state index is 0.215. The Kier molecular flexibility index (Phi) is 6.46. The Labute approximate surface area is 159 Å². The molecule has 0 aliphatic carbocycles. The van der Waals surface area contributed by atoms with Crippen molar-refractivity contribution in [2.75, 3.05) is 38.8 Å². The fourth-order valence-electron chi connectivity index (χ4n) is 3.19. The molecule has 1 aromatic carbocycles. The van der Waals surface area contributed by atoms with Gasteiger partial charge in [0.05, 0.1) is 14.2 Å². The summed E-state index contributed by atoms with van der Waals surface area (Å²) in [5, 5.41) is 11.2. The van der Waals surface area contributed by atoms with Crippen molar-refractivity contribution in [3.05, 3.63) is 41.6 Å². The van der Waals surface area contributed by atoms with E-state index < -0.39 is 0 Å². The lowest BCUT2D eigenvalue weighted by molar-refractivity contribution is 0.0948. The summed E-state index contributed by atoms with van der Waals surface area (Å²) in [6.07, 6.45) is 4.32. The molecular formula is C20H26N4O3. The molecule has 7 nitrogen and oxygen atoms in total. The molecule has 0 saturated carbocycles. The van der Waals surface area contributed by atoms with Crippen molar-refractivity contribution in [2.24, 2.45) is 0 Å². The first-order chi connectivity index (χ1) is 13.2. The van der Waals surface area contributed by atoms with Crippen molar-refractivity contribution >= 4 is 11.7 Å². The molecule has 1 aliphatic heterocycles. The number of carbonyl (C=O) groups is 1. The van der Waals surface area contributed by atoms with Crippen LogP contribution in [0.4, 0.5) is 5.82 Å². The van der Waals surface area contributed by atoms with Gasteiger partial charge in [-0.25, -0.2) is 0 Å². The molecule has 1 fully saturated rings. The molecule has 0 spiro atoms. The predicted molar refractivity (Wildman–Crippen MR) is 104 cm³/mol. The van der Waals surface area contributed by atoms with Crippen LogP contribution >= 0.6 is 0 Å². The smallest absolute Gasteiger partial charge is 0.271 e. The van der Waals surface area contributed by atoms with Crippen molar-refractivity contribution in [2.45, 2.75) is 25.7 Å². The van der Waals surface area contributed by atoms with Crippen molar-refractivity contribution in [3.63, 3.8) is 0 Å². The van der Waals surface area contributed by atoms with Crippen LogP contribution in [0.3, 0.4) is 0 Å². The molecule has 3 rings (SSSR count). The molecule has 144 valence electrons. The van der Waals surface area contributed by atoms with Crippen LogP contribution in [-0.2, 0) is 6.42 Å². The van der Waals surface area contributed by atoms with E-state index in [1.165, 1.54) is 19.3 Å². The van der Waals surface area contributed by atoms with Crippen LogP contribution in [0.15, 0.2) is 30.3 Å². The maximum absolute atomic E-state index is 12.3. The lowest BCUT2D eigenvalue weighted by Gasteiger charge is -2.27. The second kappa shape index (κ2) is 9.21. The lowest BCUT2D eigenvalue weighted by atomic mass is 10.1. The monoisotopic (exact) mass is 370 g/mol. The molecule has 27 heavy (non-hydrogen) atoms. The van der Waals surface area contributed by atoms with Gasteiger partial charge < -0.3 is 19.7 Å². The molecule has 7 heteroatoms. The Balaban J connectivity index is 1.52. The number of amides is 1. The Morgan fingerprint density at radius 2 is 1.81 bits per heavy atom. The van der Waals surface area contributed by atoms with E-state index in [4.69, 9.17) is 9.47 Å². The van der Waals surface area contributed by atoms with Crippen molar-refractivity contribution in [3.8, 4) is 11.5 Å². The molecule has 0 unspecified atom stereocenters. The van der Waals surface area contributed by atoms with E-state index in [9.17, 15) is 4.79 Å². The van der Waals surface area contributed by atoms with Crippen LogP contribution in [0.1, 0.15) is 35.3 Å². The van der Waals surface area contributed by atoms with Gasteiger partial charge in [0.25, 0.3) is 5.91 Å². The molecule has 2 heterocycles. The molecule has 1 aliphatic rings. The minimum atomic E-state index is -0.215. The molecule has 1 amide bonds. The van der Waals surface area contributed by atoms with Gasteiger partial charge in [0.1, 0.15) is 0 Å². The number of nitrogens with one attached hydrogen (secondary N) is 1. The third-order valence-corrected chi connectivity index (χ3v) is 4.71. The average Bonchev–Trinajstić information content (AvgIpc) is 2.74. The molecule has 0 radical (unpaired) electrons. The zero-order chi connectivity index (χ0) is 19.1. The van der Waals surface area contributed by atoms with Crippen molar-refractivity contribution < 1.29 is 14.3 Å². The summed E-state index contributed by atoms with van der Waals surface area (Å²) in [5.41, 5.74) is 1.39. The summed E-state index contributed by atoms with van der Waals surface area (Å²) in [6.45, 7) is 2.51. The van der Waals surface area contributed by atoms with Gasteiger partial charge in [-0.05, 0) is 55.5 Å². The van der Waals surface area contributed by atoms with Gasteiger partial charge >= 0.3 is 0 Å². The number of aromatic nitrogens is 2. The highest BCUT2D eigenvalue weighted by atomic mass is 16.5. The number of hydrogen-bond donors (Lipinski definition) is 1. The highest BCUT2D eigenvalue weighted by Crippen LogP contribution is 2.27. The third-order valence-electron chi connectivity index (χ3n) is 4.71. The fourth-order valence-corrected chi connectivity index (χ4v) is 3.19. The van der Waals surface area contributed by atoms with E-state index >= 15 is 0 Å². The van der Waals surface area contributed by atoms with Gasteiger partial charge in [0, 0.05) is 19.6 Å². The maximum atomic E-state index is 12.3. The summed E-state index contributed by atoms with van der Waals surface area (Å²) in [4.78, 5) is 14.5. The predicted octanol–water partition coefficient (Wildman–Crippen LogP) is 2.46. The highest BCUT2D eigenvalue weighted by Gasteiger charge is 2.14. The molecule has 0 atom stereocenters. The zero-order valence-corrected chi connectivity index (χ0v) is 15.9. The summed E-state index contributed by atoms with van der Waals surface area (Å²) in [7, 11) is 3.21. The standard InChI is InChI=1S/C20H26N4O3/c1-26-17-8-6-15(14-18(17)27-2)10-11-21-20(25)16-7-9-19(23-22-16)24-12-4-3-5-13-24/h6-9,14H,3-5,10-13H2,1-2H3,(H,21,25). The Hall–Kier alpha value is -2.83. The number of rotatable bonds is 7. The first-order valence-electron chi connectivity index (χ1n) is 9.29. The summed E-state index contributed by atoms with van der Waals surface area (Å²) in [5.74, 6) is 2.00. The normalized spacial score (nSPS) is 13.9. The number of anilines is 1. The molecular weight excluding hydrogens is 344 g/mol. The summed E-state index contributed by atoms with van der Waals surface area (Å²) < 4.78 is 10.5. The van der Waals surface area contributed by atoms with Crippen molar-refractivity contribution in [1.29, 1.82) is 0 Å². The quantitative estimate of drug-likeness (QED) is 0.807. The number of ether oxygens (including phenoxy) is 2. The SMILES string of the molecule is COc1ccc(CCNC(=O)c2ccc(N3CCCCC3)nn2)cc1OC. The van der Waals surface area contributed by atoms with E-state index in [-0.39, 0.29) is 5.91 Å². The van der Waals surface area contributed by atoms with Crippen LogP contribution in [0.25, 0.3) is 0 Å². The minimum Gasteiger partial charge on any atom is -0.493 e. The first-order valence-corrected chi connectivity index (χ1v) is 9.29. The van der Waals surface area contributed by atoms with E-state index in [1.807, 2.05) is 24.3 Å². The highest BCUT2D eigenvalue weighted by molar-refractivity contribution is 5.92. The van der Waals surface area contributed by atoms with E-state index in [0.717, 1.165) is 24.5 Å². The number of piperidine rings is 1. The fraction of sp³-hybridized carbons (Fsp3) is 0.450. The summed E-state index contributed by atoms with van der Waals surface area (Å²) in [6, 6.07) is 9.35.